The third kappa shape index (κ3) is 4.21. The molecule has 0 aliphatic carbocycles. The fourth-order valence-electron chi connectivity index (χ4n) is 2.11. The maximum absolute atomic E-state index is 10.5. The number of ether oxygens (including phenoxy) is 1. The first-order chi connectivity index (χ1) is 10.1. The smallest absolute Gasteiger partial charge is 0.328 e. The molecule has 0 aliphatic heterocycles. The van der Waals surface area contributed by atoms with E-state index in [-0.39, 0.29) is 0 Å². The van der Waals surface area contributed by atoms with E-state index in [1.165, 1.54) is 16.7 Å². The molecule has 2 rings (SSSR count). The van der Waals surface area contributed by atoms with E-state index in [9.17, 15) is 4.79 Å². The molecule has 0 heterocycles. The Morgan fingerprint density at radius 3 is 2.48 bits per heavy atom. The van der Waals surface area contributed by atoms with Crippen LogP contribution in [-0.2, 0) is 11.4 Å². The summed E-state index contributed by atoms with van der Waals surface area (Å²) in [5.41, 5.74) is 4.40. The summed E-state index contributed by atoms with van der Waals surface area (Å²) in [5, 5.41) is 8.64. The lowest BCUT2D eigenvalue weighted by molar-refractivity contribution is -0.131. The highest BCUT2D eigenvalue weighted by atomic mass is 16.5. The number of carboxylic acid groups (broad SMARTS) is 1. The molecule has 0 bridgehead atoms. The molecule has 0 amide bonds. The van der Waals surface area contributed by atoms with Gasteiger partial charge in [-0.25, -0.2) is 4.79 Å². The molecule has 2 aromatic carbocycles. The summed E-state index contributed by atoms with van der Waals surface area (Å²) in [7, 11) is 0. The molecule has 3 nitrogen and oxygen atoms in total. The van der Waals surface area contributed by atoms with E-state index >= 15 is 0 Å². The van der Waals surface area contributed by atoms with Gasteiger partial charge in [0, 0.05) is 6.08 Å². The summed E-state index contributed by atoms with van der Waals surface area (Å²) < 4.78 is 5.82. The summed E-state index contributed by atoms with van der Waals surface area (Å²) in [6.07, 6.45) is 2.67. The molecule has 0 aromatic heterocycles. The third-order valence-corrected chi connectivity index (χ3v) is 3.30. The first-order valence-electron chi connectivity index (χ1n) is 6.75. The van der Waals surface area contributed by atoms with Gasteiger partial charge in [-0.15, -0.1) is 0 Å². The highest BCUT2D eigenvalue weighted by Crippen LogP contribution is 2.19. The van der Waals surface area contributed by atoms with Crippen LogP contribution in [0.3, 0.4) is 0 Å². The number of aliphatic carboxylic acids is 1. The van der Waals surface area contributed by atoms with E-state index in [1.807, 2.05) is 30.3 Å². The van der Waals surface area contributed by atoms with Gasteiger partial charge in [0.2, 0.25) is 0 Å². The van der Waals surface area contributed by atoms with Crippen molar-refractivity contribution in [3.63, 3.8) is 0 Å². The van der Waals surface area contributed by atoms with Crippen LogP contribution in [0, 0.1) is 13.8 Å². The molecule has 1 N–H and O–H groups in total. The Kier molecular flexibility index (Phi) is 4.77. The minimum Gasteiger partial charge on any atom is -0.489 e. The first-order valence-corrected chi connectivity index (χ1v) is 6.75. The lowest BCUT2D eigenvalue weighted by atomic mass is 10.0. The van der Waals surface area contributed by atoms with Crippen molar-refractivity contribution in [3.8, 4) is 5.75 Å². The van der Waals surface area contributed by atoms with Gasteiger partial charge in [0.25, 0.3) is 0 Å². The van der Waals surface area contributed by atoms with Crippen molar-refractivity contribution >= 4 is 12.0 Å². The van der Waals surface area contributed by atoms with Gasteiger partial charge < -0.3 is 9.84 Å². The number of hydrogen-bond donors (Lipinski definition) is 1. The number of hydrogen-bond acceptors (Lipinski definition) is 2. The van der Waals surface area contributed by atoms with Crippen molar-refractivity contribution in [2.24, 2.45) is 0 Å². The van der Waals surface area contributed by atoms with Crippen molar-refractivity contribution < 1.29 is 14.6 Å². The number of carboxylic acids is 1. The minimum absolute atomic E-state index is 0.505. The van der Waals surface area contributed by atoms with Gasteiger partial charge in [-0.3, -0.25) is 0 Å². The molecule has 0 saturated heterocycles. The molecule has 108 valence electrons. The second-order valence-corrected chi connectivity index (χ2v) is 4.90. The molecular formula is C18H18O3. The maximum atomic E-state index is 10.5. The molecule has 0 spiro atoms. The Bertz CT molecular complexity index is 652. The van der Waals surface area contributed by atoms with Gasteiger partial charge in [0.05, 0.1) is 0 Å². The van der Waals surface area contributed by atoms with Gasteiger partial charge in [0.15, 0.2) is 0 Å². The van der Waals surface area contributed by atoms with Gasteiger partial charge >= 0.3 is 5.97 Å². The Labute approximate surface area is 124 Å². The summed E-state index contributed by atoms with van der Waals surface area (Å²) in [6.45, 7) is 4.64. The van der Waals surface area contributed by atoms with Crippen LogP contribution < -0.4 is 4.74 Å². The van der Waals surface area contributed by atoms with Gasteiger partial charge in [-0.1, -0.05) is 30.3 Å². The zero-order chi connectivity index (χ0) is 15.2. The minimum atomic E-state index is -0.961. The van der Waals surface area contributed by atoms with Crippen molar-refractivity contribution in [1.29, 1.82) is 0 Å². The van der Waals surface area contributed by atoms with E-state index in [2.05, 4.69) is 26.0 Å². The second kappa shape index (κ2) is 6.75. The maximum Gasteiger partial charge on any atom is 0.328 e. The van der Waals surface area contributed by atoms with Crippen molar-refractivity contribution in [1.82, 2.24) is 0 Å². The monoisotopic (exact) mass is 282 g/mol. The van der Waals surface area contributed by atoms with Gasteiger partial charge in [-0.2, -0.15) is 0 Å². The highest BCUT2D eigenvalue weighted by Gasteiger charge is 2.03. The van der Waals surface area contributed by atoms with E-state index in [4.69, 9.17) is 9.84 Å². The molecule has 0 aliphatic rings. The number of aryl methyl sites for hydroxylation is 2. The average molecular weight is 282 g/mol. The summed E-state index contributed by atoms with van der Waals surface area (Å²) in [4.78, 5) is 10.5. The largest absolute Gasteiger partial charge is 0.489 e. The Hall–Kier alpha value is -2.55. The zero-order valence-electron chi connectivity index (χ0n) is 12.2. The third-order valence-electron chi connectivity index (χ3n) is 3.30. The Morgan fingerprint density at radius 1 is 1.14 bits per heavy atom. The van der Waals surface area contributed by atoms with Crippen LogP contribution in [0.2, 0.25) is 0 Å². The molecular weight excluding hydrogens is 264 g/mol. The van der Waals surface area contributed by atoms with Crippen LogP contribution in [-0.4, -0.2) is 11.1 Å². The first kappa shape index (κ1) is 14.9. The molecule has 2 aromatic rings. The Balaban J connectivity index is 2.10. The standard InChI is InChI=1S/C18H18O3/c1-13-5-3-6-14(2)17(13)12-21-16-8-4-7-15(11-16)9-10-18(19)20/h3-11H,12H2,1-2H3,(H,19,20)/b10-9+. The molecule has 0 saturated carbocycles. The van der Waals surface area contributed by atoms with Crippen LogP contribution in [0.1, 0.15) is 22.3 Å². The molecule has 0 radical (unpaired) electrons. The van der Waals surface area contributed by atoms with Gasteiger partial charge in [-0.05, 0) is 54.3 Å². The van der Waals surface area contributed by atoms with E-state index < -0.39 is 5.97 Å². The zero-order valence-corrected chi connectivity index (χ0v) is 12.2. The number of rotatable bonds is 5. The van der Waals surface area contributed by atoms with Crippen molar-refractivity contribution in [3.05, 3.63) is 70.8 Å². The SMILES string of the molecule is Cc1cccc(C)c1COc1cccc(/C=C/C(=O)O)c1. The van der Waals surface area contributed by atoms with E-state index in [0.717, 1.165) is 17.4 Å². The number of benzene rings is 2. The van der Waals surface area contributed by atoms with E-state index in [1.54, 1.807) is 6.08 Å². The topological polar surface area (TPSA) is 46.5 Å². The van der Waals surface area contributed by atoms with Crippen molar-refractivity contribution in [2.75, 3.05) is 0 Å². The summed E-state index contributed by atoms with van der Waals surface area (Å²) >= 11 is 0. The fourth-order valence-corrected chi connectivity index (χ4v) is 2.11. The molecule has 3 heteroatoms. The predicted octanol–water partition coefficient (Wildman–Crippen LogP) is 3.98. The van der Waals surface area contributed by atoms with Crippen LogP contribution >= 0.6 is 0 Å². The van der Waals surface area contributed by atoms with Crippen LogP contribution in [0.4, 0.5) is 0 Å². The lowest BCUT2D eigenvalue weighted by Crippen LogP contribution is -2.00. The second-order valence-electron chi connectivity index (χ2n) is 4.90. The Morgan fingerprint density at radius 2 is 1.81 bits per heavy atom. The normalized spacial score (nSPS) is 10.8. The summed E-state index contributed by atoms with van der Waals surface area (Å²) in [6, 6.07) is 13.5. The van der Waals surface area contributed by atoms with Crippen LogP contribution in [0.5, 0.6) is 5.75 Å². The molecule has 21 heavy (non-hydrogen) atoms. The quantitative estimate of drug-likeness (QED) is 0.844. The average Bonchev–Trinajstić information content (AvgIpc) is 2.45. The highest BCUT2D eigenvalue weighted by molar-refractivity contribution is 5.85. The summed E-state index contributed by atoms with van der Waals surface area (Å²) in [5.74, 6) is -0.234. The van der Waals surface area contributed by atoms with Crippen molar-refractivity contribution in [2.45, 2.75) is 20.5 Å². The van der Waals surface area contributed by atoms with Crippen LogP contribution in [0.25, 0.3) is 6.08 Å². The molecule has 0 atom stereocenters. The molecule has 0 unspecified atom stereocenters. The predicted molar refractivity (Wildman–Crippen MR) is 83.4 cm³/mol. The lowest BCUT2D eigenvalue weighted by Gasteiger charge is -2.11. The van der Waals surface area contributed by atoms with E-state index in [0.29, 0.717) is 6.61 Å². The van der Waals surface area contributed by atoms with Crippen LogP contribution in [0.15, 0.2) is 48.5 Å². The number of carbonyl (C=O) groups is 1. The van der Waals surface area contributed by atoms with Gasteiger partial charge in [0.1, 0.15) is 12.4 Å². The fraction of sp³-hybridized carbons (Fsp3) is 0.167. The molecule has 0 fully saturated rings.